The van der Waals surface area contributed by atoms with Gasteiger partial charge in [0.1, 0.15) is 6.04 Å². The molecular weight excluding hydrogens is 292 g/mol. The molecule has 6 nitrogen and oxygen atoms in total. The zero-order valence-corrected chi connectivity index (χ0v) is 13.7. The summed E-state index contributed by atoms with van der Waals surface area (Å²) < 4.78 is 23.5. The number of sulfone groups is 1. The summed E-state index contributed by atoms with van der Waals surface area (Å²) in [6, 6.07) is -0.461. The topological polar surface area (TPSA) is 83.6 Å². The fraction of sp³-hybridized carbons (Fsp3) is 0.857. The lowest BCUT2D eigenvalue weighted by Gasteiger charge is -2.26. The molecule has 120 valence electrons. The van der Waals surface area contributed by atoms with Crippen molar-refractivity contribution < 1.29 is 18.0 Å². The summed E-state index contributed by atoms with van der Waals surface area (Å²) >= 11 is 0. The number of amides is 2. The van der Waals surface area contributed by atoms with E-state index in [9.17, 15) is 18.0 Å². The lowest BCUT2D eigenvalue weighted by atomic mass is 10.1. The lowest BCUT2D eigenvalue weighted by molar-refractivity contribution is -0.133. The van der Waals surface area contributed by atoms with Crippen LogP contribution in [0.25, 0.3) is 0 Å². The van der Waals surface area contributed by atoms with Crippen LogP contribution < -0.4 is 5.32 Å². The van der Waals surface area contributed by atoms with Crippen molar-refractivity contribution >= 4 is 21.7 Å². The lowest BCUT2D eigenvalue weighted by Crippen LogP contribution is -2.47. The molecule has 2 fully saturated rings. The second-order valence-corrected chi connectivity index (χ2v) is 9.75. The maximum Gasteiger partial charge on any atom is 0.245 e. The van der Waals surface area contributed by atoms with Crippen LogP contribution in [0.5, 0.6) is 0 Å². The van der Waals surface area contributed by atoms with Crippen molar-refractivity contribution in [1.29, 1.82) is 0 Å². The van der Waals surface area contributed by atoms with Crippen LogP contribution >= 0.6 is 0 Å². The second-order valence-electron chi connectivity index (χ2n) is 6.89. The van der Waals surface area contributed by atoms with Gasteiger partial charge in [-0.1, -0.05) is 0 Å². The number of nitrogens with one attached hydrogen (secondary N) is 1. The van der Waals surface area contributed by atoms with Gasteiger partial charge in [0.25, 0.3) is 0 Å². The van der Waals surface area contributed by atoms with Crippen LogP contribution in [-0.4, -0.2) is 54.8 Å². The minimum atomic E-state index is -3.27. The van der Waals surface area contributed by atoms with Crippen LogP contribution in [0, 0.1) is 5.92 Å². The van der Waals surface area contributed by atoms with Crippen LogP contribution in [-0.2, 0) is 19.4 Å². The number of hydrogen-bond donors (Lipinski definition) is 1. The van der Waals surface area contributed by atoms with Crippen molar-refractivity contribution in [1.82, 2.24) is 10.2 Å². The molecule has 21 heavy (non-hydrogen) atoms. The first-order chi connectivity index (χ1) is 9.62. The summed E-state index contributed by atoms with van der Waals surface area (Å²) in [6.07, 6.45) is 2.14. The van der Waals surface area contributed by atoms with E-state index in [1.807, 2.05) is 0 Å². The summed E-state index contributed by atoms with van der Waals surface area (Å²) in [4.78, 5) is 25.7. The molecule has 1 aliphatic heterocycles. The molecule has 1 atom stereocenters. The zero-order chi connectivity index (χ0) is 15.8. The molecule has 7 heteroatoms. The van der Waals surface area contributed by atoms with Crippen LogP contribution in [0.1, 0.15) is 40.0 Å². The number of carbonyl (C=O) groups is 2. The van der Waals surface area contributed by atoms with Crippen LogP contribution in [0.2, 0.25) is 0 Å². The third-order valence-electron chi connectivity index (χ3n) is 4.16. The molecule has 1 aliphatic carbocycles. The molecule has 1 unspecified atom stereocenters. The Balaban J connectivity index is 2.04. The van der Waals surface area contributed by atoms with Gasteiger partial charge in [0.2, 0.25) is 11.8 Å². The third kappa shape index (κ3) is 3.75. The van der Waals surface area contributed by atoms with Gasteiger partial charge in [-0.3, -0.25) is 9.59 Å². The van der Waals surface area contributed by atoms with E-state index in [0.29, 0.717) is 6.54 Å². The fourth-order valence-electron chi connectivity index (χ4n) is 2.36. The molecule has 1 heterocycles. The van der Waals surface area contributed by atoms with Gasteiger partial charge < -0.3 is 10.2 Å². The Morgan fingerprint density at radius 1 is 1.24 bits per heavy atom. The van der Waals surface area contributed by atoms with Crippen LogP contribution in [0.3, 0.4) is 0 Å². The van der Waals surface area contributed by atoms with E-state index in [0.717, 1.165) is 12.8 Å². The zero-order valence-electron chi connectivity index (χ0n) is 12.9. The monoisotopic (exact) mass is 316 g/mol. The normalized spacial score (nSPS) is 24.7. The molecule has 0 aromatic heterocycles. The van der Waals surface area contributed by atoms with E-state index in [4.69, 9.17) is 0 Å². The predicted octanol–water partition coefficient (Wildman–Crippen LogP) is 0.327. The molecule has 0 aromatic carbocycles. The average Bonchev–Trinajstić information content (AvgIpc) is 3.17. The van der Waals surface area contributed by atoms with Crippen LogP contribution in [0.4, 0.5) is 0 Å². The fourth-order valence-corrected chi connectivity index (χ4v) is 3.43. The molecule has 1 saturated heterocycles. The van der Waals surface area contributed by atoms with E-state index in [1.165, 1.54) is 4.90 Å². The smallest absolute Gasteiger partial charge is 0.245 e. The number of rotatable bonds is 4. The van der Waals surface area contributed by atoms with Crippen molar-refractivity contribution in [3.63, 3.8) is 0 Å². The van der Waals surface area contributed by atoms with Gasteiger partial charge >= 0.3 is 0 Å². The second kappa shape index (κ2) is 5.59. The Morgan fingerprint density at radius 2 is 1.86 bits per heavy atom. The maximum absolute atomic E-state index is 12.5. The first kappa shape index (κ1) is 16.3. The molecule has 1 saturated carbocycles. The van der Waals surface area contributed by atoms with Gasteiger partial charge in [0.15, 0.2) is 9.84 Å². The summed E-state index contributed by atoms with van der Waals surface area (Å²) in [7, 11) is -3.27. The van der Waals surface area contributed by atoms with Gasteiger partial charge in [-0.15, -0.1) is 0 Å². The molecule has 2 amide bonds. The van der Waals surface area contributed by atoms with E-state index in [1.54, 1.807) is 20.8 Å². The van der Waals surface area contributed by atoms with E-state index < -0.39 is 20.6 Å². The number of hydrogen-bond acceptors (Lipinski definition) is 4. The first-order valence-electron chi connectivity index (χ1n) is 7.42. The molecule has 2 aliphatic rings. The Kier molecular flexibility index (Phi) is 4.33. The molecule has 1 N–H and O–H groups in total. The summed E-state index contributed by atoms with van der Waals surface area (Å²) in [5.41, 5.74) is 0. The Morgan fingerprint density at radius 3 is 2.38 bits per heavy atom. The highest BCUT2D eigenvalue weighted by atomic mass is 32.2. The largest absolute Gasteiger partial charge is 0.344 e. The molecule has 0 radical (unpaired) electrons. The average molecular weight is 316 g/mol. The quantitative estimate of drug-likeness (QED) is 0.810. The van der Waals surface area contributed by atoms with Gasteiger partial charge in [0.05, 0.1) is 10.5 Å². The minimum Gasteiger partial charge on any atom is -0.344 e. The maximum atomic E-state index is 12.5. The van der Waals surface area contributed by atoms with Gasteiger partial charge in [-0.2, -0.15) is 0 Å². The van der Waals surface area contributed by atoms with Crippen molar-refractivity contribution in [2.75, 3.05) is 18.8 Å². The highest BCUT2D eigenvalue weighted by molar-refractivity contribution is 7.92. The standard InChI is InChI=1S/C14H24N2O4S/c1-14(2,3)21(19,20)9-8-16-7-6-11(17)15-12(13(16)18)10-4-5-10/h10,12H,4-9H2,1-3H3,(H,15,17). The van der Waals surface area contributed by atoms with Crippen molar-refractivity contribution in [3.05, 3.63) is 0 Å². The van der Waals surface area contributed by atoms with Crippen molar-refractivity contribution in [3.8, 4) is 0 Å². The summed E-state index contributed by atoms with van der Waals surface area (Å²) in [6.45, 7) is 5.43. The van der Waals surface area contributed by atoms with Crippen LogP contribution in [0.15, 0.2) is 0 Å². The molecule has 0 spiro atoms. The van der Waals surface area contributed by atoms with E-state index >= 15 is 0 Å². The predicted molar refractivity (Wildman–Crippen MR) is 79.4 cm³/mol. The highest BCUT2D eigenvalue weighted by Crippen LogP contribution is 2.34. The third-order valence-corrected chi connectivity index (χ3v) is 6.75. The van der Waals surface area contributed by atoms with Crippen molar-refractivity contribution in [2.45, 2.75) is 50.8 Å². The highest BCUT2D eigenvalue weighted by Gasteiger charge is 2.41. The Labute approximate surface area is 126 Å². The minimum absolute atomic E-state index is 0.0617. The molecular formula is C14H24N2O4S. The Bertz CT molecular complexity index is 532. The van der Waals surface area contributed by atoms with Gasteiger partial charge in [-0.05, 0) is 39.5 Å². The molecule has 0 aromatic rings. The summed E-state index contributed by atoms with van der Waals surface area (Å²) in [5.74, 6) is -0.0939. The van der Waals surface area contributed by atoms with Gasteiger partial charge in [0, 0.05) is 19.5 Å². The first-order valence-corrected chi connectivity index (χ1v) is 9.07. The Hall–Kier alpha value is -1.11. The number of carbonyl (C=O) groups excluding carboxylic acids is 2. The van der Waals surface area contributed by atoms with Crippen molar-refractivity contribution in [2.24, 2.45) is 5.92 Å². The molecule has 2 rings (SSSR count). The SMILES string of the molecule is CC(C)(C)S(=O)(=O)CCN1CCC(=O)NC(C2CC2)C1=O. The van der Waals surface area contributed by atoms with E-state index in [2.05, 4.69) is 5.32 Å². The summed E-state index contributed by atoms with van der Waals surface area (Å²) in [5, 5.41) is 2.77. The molecule has 0 bridgehead atoms. The van der Waals surface area contributed by atoms with Gasteiger partial charge in [-0.25, -0.2) is 8.42 Å². The number of nitrogens with zero attached hydrogens (tertiary/aromatic N) is 1. The van der Waals surface area contributed by atoms with E-state index in [-0.39, 0.29) is 36.5 Å².